The van der Waals surface area contributed by atoms with Crippen LogP contribution in [-0.4, -0.2) is 30.6 Å². The highest BCUT2D eigenvalue weighted by Gasteiger charge is 2.09. The molecule has 0 aliphatic heterocycles. The number of hydrogen-bond acceptors (Lipinski definition) is 5. The highest BCUT2D eigenvalue weighted by molar-refractivity contribution is 8.16. The normalized spacial score (nSPS) is 11.5. The Hall–Kier alpha value is -1.50. The standard InChI is InChI=1S/C14H24N2O4S/c1-4-7-9-19-13(17)15-12(21-11-6-3)16-14(18)20-10-8-5-2/h6,11H,4-5,7-10H2,1-3H3,(H,15,16,17,18). The number of nitrogens with zero attached hydrogens (tertiary/aromatic N) is 1. The van der Waals surface area contributed by atoms with Crippen LogP contribution in [0.4, 0.5) is 9.59 Å². The molecule has 0 bridgehead atoms. The number of rotatable bonds is 7. The number of alkyl carbamates (subject to hydrolysis) is 1. The van der Waals surface area contributed by atoms with Crippen LogP contribution in [0.2, 0.25) is 0 Å². The van der Waals surface area contributed by atoms with Crippen LogP contribution in [-0.2, 0) is 9.47 Å². The molecule has 1 N–H and O–H groups in total. The summed E-state index contributed by atoms with van der Waals surface area (Å²) in [6, 6.07) is 0. The highest BCUT2D eigenvalue weighted by atomic mass is 32.2. The maximum Gasteiger partial charge on any atom is 0.436 e. The van der Waals surface area contributed by atoms with Gasteiger partial charge in [0.2, 0.25) is 0 Å². The fourth-order valence-electron chi connectivity index (χ4n) is 1.07. The van der Waals surface area contributed by atoms with E-state index in [2.05, 4.69) is 10.3 Å². The minimum absolute atomic E-state index is 0.135. The number of carbonyl (C=O) groups is 2. The molecule has 0 aliphatic carbocycles. The van der Waals surface area contributed by atoms with E-state index in [1.54, 1.807) is 11.5 Å². The molecule has 0 spiro atoms. The van der Waals surface area contributed by atoms with E-state index in [9.17, 15) is 9.59 Å². The van der Waals surface area contributed by atoms with Crippen molar-refractivity contribution in [2.45, 2.75) is 46.5 Å². The first-order valence-corrected chi connectivity index (χ1v) is 7.99. The molecule has 0 saturated heterocycles. The zero-order valence-corrected chi connectivity index (χ0v) is 13.7. The van der Waals surface area contributed by atoms with Crippen LogP contribution >= 0.6 is 11.8 Å². The van der Waals surface area contributed by atoms with E-state index in [4.69, 9.17) is 9.47 Å². The minimum atomic E-state index is -0.718. The summed E-state index contributed by atoms with van der Waals surface area (Å²) < 4.78 is 9.87. The summed E-state index contributed by atoms with van der Waals surface area (Å²) >= 11 is 1.11. The fourth-order valence-corrected chi connectivity index (χ4v) is 1.60. The number of carbonyl (C=O) groups excluding carboxylic acids is 2. The van der Waals surface area contributed by atoms with Gasteiger partial charge in [-0.1, -0.05) is 44.5 Å². The van der Waals surface area contributed by atoms with Gasteiger partial charge in [-0.15, -0.1) is 0 Å². The van der Waals surface area contributed by atoms with Crippen molar-refractivity contribution < 1.29 is 19.1 Å². The number of allylic oxidation sites excluding steroid dienone is 1. The molecule has 0 fully saturated rings. The van der Waals surface area contributed by atoms with E-state index >= 15 is 0 Å². The van der Waals surface area contributed by atoms with Gasteiger partial charge < -0.3 is 9.47 Å². The lowest BCUT2D eigenvalue weighted by atomic mass is 10.4. The first kappa shape index (κ1) is 19.5. The molecule has 0 heterocycles. The van der Waals surface area contributed by atoms with E-state index in [0.717, 1.165) is 37.4 Å². The van der Waals surface area contributed by atoms with Gasteiger partial charge in [-0.25, -0.2) is 9.59 Å². The van der Waals surface area contributed by atoms with Crippen molar-refractivity contribution in [1.82, 2.24) is 5.32 Å². The van der Waals surface area contributed by atoms with Gasteiger partial charge in [0.25, 0.3) is 0 Å². The van der Waals surface area contributed by atoms with Crippen molar-refractivity contribution in [1.29, 1.82) is 0 Å². The van der Waals surface area contributed by atoms with Gasteiger partial charge in [0.05, 0.1) is 13.2 Å². The van der Waals surface area contributed by atoms with E-state index < -0.39 is 12.2 Å². The average Bonchev–Trinajstić information content (AvgIpc) is 2.45. The predicted molar refractivity (Wildman–Crippen MR) is 85.5 cm³/mol. The quantitative estimate of drug-likeness (QED) is 0.435. The number of unbranched alkanes of at least 4 members (excludes halogenated alkanes) is 2. The minimum Gasteiger partial charge on any atom is -0.449 e. The van der Waals surface area contributed by atoms with Gasteiger partial charge >= 0.3 is 12.2 Å². The molecule has 0 aromatic carbocycles. The number of nitrogens with one attached hydrogen (secondary N) is 1. The van der Waals surface area contributed by atoms with Gasteiger partial charge in [0.15, 0.2) is 5.17 Å². The Morgan fingerprint density at radius 1 is 1.14 bits per heavy atom. The van der Waals surface area contributed by atoms with Crippen molar-refractivity contribution in [3.05, 3.63) is 11.5 Å². The highest BCUT2D eigenvalue weighted by Crippen LogP contribution is 2.05. The Labute approximate surface area is 130 Å². The van der Waals surface area contributed by atoms with Crippen LogP contribution in [0, 0.1) is 0 Å². The maximum absolute atomic E-state index is 11.5. The molecule has 0 aromatic rings. The van der Waals surface area contributed by atoms with E-state index in [1.807, 2.05) is 20.8 Å². The number of aliphatic imine (C=N–C) groups is 1. The third-order valence-corrected chi connectivity index (χ3v) is 3.00. The summed E-state index contributed by atoms with van der Waals surface area (Å²) in [6.07, 6.45) is 3.87. The van der Waals surface area contributed by atoms with Crippen molar-refractivity contribution >= 4 is 29.1 Å². The number of amidine groups is 1. The number of thioether (sulfide) groups is 1. The number of ether oxygens (including phenoxy) is 2. The summed E-state index contributed by atoms with van der Waals surface area (Å²) in [6.45, 7) is 6.48. The zero-order valence-electron chi connectivity index (χ0n) is 12.9. The SMILES string of the molecule is CC=CSC(=NC(=O)OCCCC)NC(=O)OCCCC. The van der Waals surface area contributed by atoms with E-state index in [0.29, 0.717) is 13.2 Å². The fraction of sp³-hybridized carbons (Fsp3) is 0.643. The second-order valence-corrected chi connectivity index (χ2v) is 4.98. The summed E-state index contributed by atoms with van der Waals surface area (Å²) in [5, 5.41) is 4.27. The molecule has 0 atom stereocenters. The van der Waals surface area contributed by atoms with E-state index in [-0.39, 0.29) is 5.17 Å². The summed E-state index contributed by atoms with van der Waals surface area (Å²) in [5.41, 5.74) is 0. The molecule has 120 valence electrons. The summed E-state index contributed by atoms with van der Waals surface area (Å²) in [4.78, 5) is 26.7. The lowest BCUT2D eigenvalue weighted by Gasteiger charge is -2.07. The second-order valence-electron chi connectivity index (χ2n) is 4.09. The molecular formula is C14H24N2O4S. The Morgan fingerprint density at radius 3 is 2.33 bits per heavy atom. The Morgan fingerprint density at radius 2 is 1.76 bits per heavy atom. The molecule has 7 heteroatoms. The van der Waals surface area contributed by atoms with Crippen LogP contribution in [0.15, 0.2) is 16.5 Å². The van der Waals surface area contributed by atoms with Crippen LogP contribution in [0.1, 0.15) is 46.5 Å². The zero-order chi connectivity index (χ0) is 15.9. The summed E-state index contributed by atoms with van der Waals surface area (Å²) in [7, 11) is 0. The molecule has 6 nitrogen and oxygen atoms in total. The van der Waals surface area contributed by atoms with Gasteiger partial charge in [-0.2, -0.15) is 4.99 Å². The maximum atomic E-state index is 11.5. The lowest BCUT2D eigenvalue weighted by molar-refractivity contribution is 0.150. The molecule has 0 saturated carbocycles. The molecule has 0 aliphatic rings. The molecule has 0 rings (SSSR count). The topological polar surface area (TPSA) is 77.0 Å². The summed E-state index contributed by atoms with van der Waals surface area (Å²) in [5.74, 6) is 0. The van der Waals surface area contributed by atoms with Gasteiger partial charge in [-0.05, 0) is 25.2 Å². The van der Waals surface area contributed by atoms with Crippen molar-refractivity contribution in [2.75, 3.05) is 13.2 Å². The first-order valence-electron chi connectivity index (χ1n) is 7.11. The van der Waals surface area contributed by atoms with Crippen LogP contribution < -0.4 is 5.32 Å². The van der Waals surface area contributed by atoms with Crippen LogP contribution in [0.5, 0.6) is 0 Å². The third kappa shape index (κ3) is 12.0. The second kappa shape index (κ2) is 13.5. The molecular weight excluding hydrogens is 292 g/mol. The largest absolute Gasteiger partial charge is 0.449 e. The third-order valence-electron chi connectivity index (χ3n) is 2.17. The average molecular weight is 316 g/mol. The van der Waals surface area contributed by atoms with E-state index in [1.165, 1.54) is 0 Å². The number of hydrogen-bond donors (Lipinski definition) is 1. The number of amides is 2. The van der Waals surface area contributed by atoms with Crippen LogP contribution in [0.25, 0.3) is 0 Å². The molecule has 0 radical (unpaired) electrons. The molecule has 0 aromatic heterocycles. The predicted octanol–water partition coefficient (Wildman–Crippen LogP) is 4.07. The van der Waals surface area contributed by atoms with Gasteiger partial charge in [-0.3, -0.25) is 5.32 Å². The van der Waals surface area contributed by atoms with Crippen molar-refractivity contribution in [3.8, 4) is 0 Å². The van der Waals surface area contributed by atoms with Gasteiger partial charge in [0, 0.05) is 0 Å². The van der Waals surface area contributed by atoms with Crippen molar-refractivity contribution in [2.24, 2.45) is 4.99 Å². The smallest absolute Gasteiger partial charge is 0.436 e. The molecule has 2 amide bonds. The molecule has 21 heavy (non-hydrogen) atoms. The lowest BCUT2D eigenvalue weighted by Crippen LogP contribution is -2.30. The van der Waals surface area contributed by atoms with Crippen molar-refractivity contribution in [3.63, 3.8) is 0 Å². The Bertz CT molecular complexity index is 370. The van der Waals surface area contributed by atoms with Crippen LogP contribution in [0.3, 0.4) is 0 Å². The first-order chi connectivity index (χ1) is 10.1. The van der Waals surface area contributed by atoms with Gasteiger partial charge in [0.1, 0.15) is 0 Å². The monoisotopic (exact) mass is 316 g/mol. The Balaban J connectivity index is 4.41. The Kier molecular flexibility index (Phi) is 12.5. The molecule has 0 unspecified atom stereocenters.